The molecule has 0 aliphatic rings. The predicted molar refractivity (Wildman–Crippen MR) is 54.1 cm³/mol. The minimum atomic E-state index is -4.14. The summed E-state index contributed by atoms with van der Waals surface area (Å²) in [5.74, 6) is 0. The molecule has 1 unspecified atom stereocenters. The van der Waals surface area contributed by atoms with Crippen molar-refractivity contribution in [1.82, 2.24) is 0 Å². The minimum Gasteiger partial charge on any atom is -0.349 e. The first-order valence-corrected chi connectivity index (χ1v) is 7.61. The third kappa shape index (κ3) is 9.58. The smallest absolute Gasteiger partial charge is 0.349 e. The molecule has 0 aliphatic heterocycles. The lowest BCUT2D eigenvalue weighted by Gasteiger charge is -2.35. The molecule has 122 valence electrons. The van der Waals surface area contributed by atoms with Crippen LogP contribution in [-0.2, 0) is 18.6 Å². The first-order valence-electron chi connectivity index (χ1n) is 4.83. The van der Waals surface area contributed by atoms with E-state index >= 15 is 0 Å². The third-order valence-corrected chi connectivity index (χ3v) is 1.95. The normalized spacial score (nSPS) is 17.4. The van der Waals surface area contributed by atoms with Crippen LogP contribution in [0, 0.1) is 0 Å². The summed E-state index contributed by atoms with van der Waals surface area (Å²) in [7, 11) is -2.33. The van der Waals surface area contributed by atoms with Crippen LogP contribution in [0.15, 0.2) is 0 Å². The first-order chi connectivity index (χ1) is 8.54. The van der Waals surface area contributed by atoms with Crippen molar-refractivity contribution in [3.8, 4) is 0 Å². The van der Waals surface area contributed by atoms with Crippen molar-refractivity contribution in [2.45, 2.75) is 37.7 Å². The fourth-order valence-corrected chi connectivity index (χ4v) is 1.60. The van der Waals surface area contributed by atoms with E-state index in [0.717, 1.165) is 0 Å². The Morgan fingerprint density at radius 2 is 1.05 bits per heavy atom. The van der Waals surface area contributed by atoms with E-state index in [1.54, 1.807) is 0 Å². The molecule has 0 spiro atoms. The molecule has 0 aliphatic carbocycles. The van der Waals surface area contributed by atoms with Gasteiger partial charge in [0.25, 0.3) is 0 Å². The Balaban J connectivity index is 5.06. The van der Waals surface area contributed by atoms with Crippen LogP contribution in [0.1, 0.15) is 0 Å². The summed E-state index contributed by atoms with van der Waals surface area (Å²) < 4.78 is 15.2. The summed E-state index contributed by atoms with van der Waals surface area (Å²) in [5.41, 5.74) is 0. The molecule has 0 saturated heterocycles. The van der Waals surface area contributed by atoms with E-state index in [9.17, 15) is 5.11 Å². The molecule has 0 heterocycles. The van der Waals surface area contributed by atoms with Gasteiger partial charge in [-0.25, -0.2) is 14.2 Å². The van der Waals surface area contributed by atoms with E-state index in [1.165, 1.54) is 13.1 Å². The van der Waals surface area contributed by atoms with Gasteiger partial charge in [-0.15, -0.1) is 0 Å². The number of hydrogen-bond acceptors (Lipinski definition) is 13. The summed E-state index contributed by atoms with van der Waals surface area (Å²) in [6.45, 7) is 2.74. The summed E-state index contributed by atoms with van der Waals surface area (Å²) >= 11 is 0. The largest absolute Gasteiger partial charge is 0.419 e. The van der Waals surface area contributed by atoms with Crippen LogP contribution in [0.3, 0.4) is 0 Å². The molecule has 0 fully saturated rings. The molecule has 0 aromatic rings. The van der Waals surface area contributed by atoms with Crippen LogP contribution in [0.25, 0.3) is 0 Å². The molecule has 0 saturated carbocycles. The zero-order valence-corrected chi connectivity index (χ0v) is 11.4. The molecule has 13 nitrogen and oxygen atoms in total. The van der Waals surface area contributed by atoms with Crippen LogP contribution in [-0.4, -0.2) is 79.6 Å². The summed E-state index contributed by atoms with van der Waals surface area (Å²) in [4.78, 5) is 0. The average molecular weight is 324 g/mol. The second-order valence-electron chi connectivity index (χ2n) is 3.69. The quantitative estimate of drug-likeness (QED) is 0.150. The summed E-state index contributed by atoms with van der Waals surface area (Å²) in [6.07, 6.45) is -16.0. The van der Waals surface area contributed by atoms with Gasteiger partial charge >= 0.3 is 24.6 Å². The molecule has 0 aromatic carbocycles. The zero-order chi connectivity index (χ0) is 16.4. The van der Waals surface area contributed by atoms with E-state index in [0.29, 0.717) is 0 Å². The lowest BCUT2D eigenvalue weighted by Crippen LogP contribution is -2.57. The van der Waals surface area contributed by atoms with Gasteiger partial charge < -0.3 is 50.4 Å². The summed E-state index contributed by atoms with van der Waals surface area (Å²) in [6, 6.07) is 0. The molecular weight excluding hydrogens is 308 g/mol. The van der Waals surface area contributed by atoms with Crippen LogP contribution in [0.2, 0.25) is 13.1 Å². The Bertz CT molecular complexity index is 305. The van der Waals surface area contributed by atoms with Gasteiger partial charge in [0.15, 0.2) is 9.04 Å². The van der Waals surface area contributed by atoms with Crippen LogP contribution in [0.4, 0.5) is 0 Å². The number of ether oxygens (including phenoxy) is 3. The molecule has 20 heavy (non-hydrogen) atoms. The topological polar surface area (TPSA) is 219 Å². The van der Waals surface area contributed by atoms with Crippen molar-refractivity contribution in [1.29, 1.82) is 0 Å². The number of rotatable bonds is 8. The SMILES string of the molecule is C[SiH](C)OC(O)(OC(O)(O)O)OC(O)(O)OC(O)(O)O. The maximum atomic E-state index is 9.49. The fraction of sp³-hybridized carbons (Fsp3) is 1.00. The number of aliphatic hydroxyl groups is 9. The van der Waals surface area contributed by atoms with Crippen LogP contribution < -0.4 is 0 Å². The van der Waals surface area contributed by atoms with E-state index < -0.39 is 33.7 Å². The van der Waals surface area contributed by atoms with Gasteiger partial charge in [-0.1, -0.05) is 0 Å². The predicted octanol–water partition coefficient (Wildman–Crippen LogP) is -5.59. The lowest BCUT2D eigenvalue weighted by molar-refractivity contribution is -0.671. The second-order valence-corrected chi connectivity index (χ2v) is 6.03. The molecule has 0 bridgehead atoms. The van der Waals surface area contributed by atoms with Gasteiger partial charge in [0.1, 0.15) is 0 Å². The maximum absolute atomic E-state index is 9.49. The van der Waals surface area contributed by atoms with E-state index in [2.05, 4.69) is 18.6 Å². The highest BCUT2D eigenvalue weighted by molar-refractivity contribution is 6.48. The third-order valence-electron chi connectivity index (χ3n) is 1.18. The standard InChI is InChI=1S/C6H16O13Si/c1-20(2)19-6(15,17-4(10,11)12)18-5(13,14)16-3(7,8)9/h7-15,20H,1-2H3. The Labute approximate surface area is 112 Å². The van der Waals surface area contributed by atoms with Crippen molar-refractivity contribution < 1.29 is 64.6 Å². The van der Waals surface area contributed by atoms with E-state index in [1.807, 2.05) is 0 Å². The molecule has 14 heteroatoms. The van der Waals surface area contributed by atoms with Crippen molar-refractivity contribution >= 4 is 9.04 Å². The number of hydrogen-bond donors (Lipinski definition) is 9. The summed E-state index contributed by atoms with van der Waals surface area (Å²) in [5, 5.41) is 78.1. The van der Waals surface area contributed by atoms with Crippen molar-refractivity contribution in [2.24, 2.45) is 0 Å². The fourth-order valence-electron chi connectivity index (χ4n) is 0.907. The molecule has 1 atom stereocenters. The Morgan fingerprint density at radius 3 is 1.35 bits per heavy atom. The van der Waals surface area contributed by atoms with Gasteiger partial charge in [-0.3, -0.25) is 0 Å². The molecule has 0 amide bonds. The maximum Gasteiger partial charge on any atom is 0.419 e. The van der Waals surface area contributed by atoms with E-state index in [4.69, 9.17) is 40.9 Å². The monoisotopic (exact) mass is 324 g/mol. The molecular formula is C6H16O13Si. The Morgan fingerprint density at radius 1 is 0.650 bits per heavy atom. The first kappa shape index (κ1) is 19.7. The highest BCUT2D eigenvalue weighted by Crippen LogP contribution is 2.24. The molecule has 0 radical (unpaired) electrons. The average Bonchev–Trinajstić information content (AvgIpc) is 1.86. The zero-order valence-electron chi connectivity index (χ0n) is 10.2. The lowest BCUT2D eigenvalue weighted by atomic mass is 10.9. The van der Waals surface area contributed by atoms with Crippen molar-refractivity contribution in [3.63, 3.8) is 0 Å². The van der Waals surface area contributed by atoms with Gasteiger partial charge in [0.2, 0.25) is 0 Å². The van der Waals surface area contributed by atoms with Gasteiger partial charge in [-0.05, 0) is 13.1 Å². The highest BCUT2D eigenvalue weighted by Gasteiger charge is 2.51. The molecule has 0 aromatic heterocycles. The molecule has 9 N–H and O–H groups in total. The van der Waals surface area contributed by atoms with Crippen molar-refractivity contribution in [2.75, 3.05) is 0 Å². The van der Waals surface area contributed by atoms with Crippen LogP contribution >= 0.6 is 0 Å². The Hall–Kier alpha value is -0.303. The van der Waals surface area contributed by atoms with Crippen molar-refractivity contribution in [3.05, 3.63) is 0 Å². The second kappa shape index (κ2) is 6.21. The van der Waals surface area contributed by atoms with Gasteiger partial charge in [0, 0.05) is 0 Å². The Kier molecular flexibility index (Phi) is 6.12. The molecule has 0 rings (SSSR count). The minimum absolute atomic E-state index is 1.37. The van der Waals surface area contributed by atoms with Crippen LogP contribution in [0.5, 0.6) is 0 Å². The van der Waals surface area contributed by atoms with Gasteiger partial charge in [-0.2, -0.15) is 0 Å². The van der Waals surface area contributed by atoms with E-state index in [-0.39, 0.29) is 0 Å². The van der Waals surface area contributed by atoms with Gasteiger partial charge in [0.05, 0.1) is 0 Å². The highest BCUT2D eigenvalue weighted by atomic mass is 28.3.